The molecule has 0 saturated carbocycles. The van der Waals surface area contributed by atoms with Crippen molar-refractivity contribution in [3.8, 4) is 0 Å². The minimum Gasteiger partial charge on any atom is -0.119 e. The van der Waals surface area contributed by atoms with E-state index in [0.717, 1.165) is 12.8 Å². The van der Waals surface area contributed by atoms with Crippen LogP contribution in [0.25, 0.3) is 0 Å². The van der Waals surface area contributed by atoms with Gasteiger partial charge in [-0.1, -0.05) is 121 Å². The van der Waals surface area contributed by atoms with Crippen LogP contribution in [0.1, 0.15) is 54.4 Å². The lowest BCUT2D eigenvalue weighted by Gasteiger charge is -2.41. The van der Waals surface area contributed by atoms with Crippen molar-refractivity contribution in [3.05, 3.63) is 113 Å². The molecule has 0 bridgehead atoms. The number of allylic oxidation sites excluding steroid dienone is 13. The fourth-order valence-corrected chi connectivity index (χ4v) is 5.77. The summed E-state index contributed by atoms with van der Waals surface area (Å²) in [6.45, 7) is 14.0. The highest BCUT2D eigenvalue weighted by atomic mass is 32.2. The van der Waals surface area contributed by atoms with Crippen molar-refractivity contribution >= 4 is 21.0 Å². The van der Waals surface area contributed by atoms with E-state index in [-0.39, 0.29) is 10.8 Å². The third-order valence-electron chi connectivity index (χ3n) is 7.35. The average molecular weight is 489 g/mol. The van der Waals surface area contributed by atoms with Crippen LogP contribution in [0.15, 0.2) is 118 Å². The minimum atomic E-state index is 0.00211. The molecule has 0 heterocycles. The first-order valence-electron chi connectivity index (χ1n) is 12.4. The highest BCUT2D eigenvalue weighted by Gasteiger charge is 2.37. The van der Waals surface area contributed by atoms with Crippen molar-refractivity contribution in [1.82, 2.24) is 0 Å². The lowest BCUT2D eigenvalue weighted by molar-refractivity contribution is 0.220. The van der Waals surface area contributed by atoms with Gasteiger partial charge in [-0.2, -0.15) is 0 Å². The molecule has 3 rings (SSSR count). The standard InChI is InChI=1S/C32H41PS/c1-24(2)26-13-10-12-25(18-19-26)22-23-31(3,4)32(5,6)28-15-11-14-27(20-21-28)30(33)34-29-16-8-7-9-17-29/h7-9,12-24,30H,10-11,33H2,1-6H3/b23-22+. The summed E-state index contributed by atoms with van der Waals surface area (Å²) in [5.41, 5.74) is 5.51. The molecular formula is C32H41PS. The van der Waals surface area contributed by atoms with Crippen LogP contribution in [0.3, 0.4) is 0 Å². The predicted octanol–water partition coefficient (Wildman–Crippen LogP) is 9.87. The van der Waals surface area contributed by atoms with Gasteiger partial charge >= 0.3 is 0 Å². The Balaban J connectivity index is 1.70. The van der Waals surface area contributed by atoms with E-state index in [1.165, 1.54) is 27.2 Å². The Bertz CT molecular complexity index is 1060. The van der Waals surface area contributed by atoms with E-state index in [9.17, 15) is 0 Å². The first-order chi connectivity index (χ1) is 16.1. The molecule has 34 heavy (non-hydrogen) atoms. The quantitative estimate of drug-likeness (QED) is 0.259. The number of benzene rings is 1. The number of thioether (sulfide) groups is 1. The molecule has 0 radical (unpaired) electrons. The van der Waals surface area contributed by atoms with Crippen LogP contribution in [0.4, 0.5) is 0 Å². The van der Waals surface area contributed by atoms with Gasteiger partial charge in [-0.05, 0) is 64.0 Å². The maximum absolute atomic E-state index is 3.02. The Hall–Kier alpha value is -1.82. The van der Waals surface area contributed by atoms with Crippen molar-refractivity contribution in [3.63, 3.8) is 0 Å². The van der Waals surface area contributed by atoms with E-state index < -0.39 is 0 Å². The van der Waals surface area contributed by atoms with Crippen LogP contribution in [-0.2, 0) is 0 Å². The maximum atomic E-state index is 3.02. The van der Waals surface area contributed by atoms with Gasteiger partial charge in [-0.15, -0.1) is 21.0 Å². The summed E-state index contributed by atoms with van der Waals surface area (Å²) in [6, 6.07) is 10.7. The van der Waals surface area contributed by atoms with E-state index in [1.54, 1.807) is 0 Å². The summed E-state index contributed by atoms with van der Waals surface area (Å²) in [6.07, 6.45) is 25.4. The third-order valence-corrected chi connectivity index (χ3v) is 9.21. The van der Waals surface area contributed by atoms with Gasteiger partial charge in [0.2, 0.25) is 0 Å². The molecule has 2 heteroatoms. The molecule has 0 spiro atoms. The molecule has 0 N–H and O–H groups in total. The fourth-order valence-electron chi connectivity index (χ4n) is 4.13. The largest absolute Gasteiger partial charge is 0.119 e. The Labute approximate surface area is 215 Å². The SMILES string of the molecule is CC(C)C1=CCC=C(/C=C/C(C)(C)C(C)(C)C2=CCC=C(C(P)Sc3ccccc3)C=C2)C=C1. The summed E-state index contributed by atoms with van der Waals surface area (Å²) in [5.74, 6) is 0.572. The van der Waals surface area contributed by atoms with Gasteiger partial charge in [-0.25, -0.2) is 0 Å². The molecule has 0 amide bonds. The second-order valence-electron chi connectivity index (χ2n) is 10.6. The number of hydrogen-bond donors (Lipinski definition) is 0. The maximum Gasteiger partial charge on any atom is 0.0481 e. The average Bonchev–Trinajstić information content (AvgIpc) is 3.20. The van der Waals surface area contributed by atoms with E-state index in [0.29, 0.717) is 10.9 Å². The van der Waals surface area contributed by atoms with E-state index in [2.05, 4.69) is 142 Å². The third kappa shape index (κ3) is 6.87. The zero-order chi connectivity index (χ0) is 24.8. The summed E-state index contributed by atoms with van der Waals surface area (Å²) in [5, 5.41) is 0. The van der Waals surface area contributed by atoms with E-state index >= 15 is 0 Å². The van der Waals surface area contributed by atoms with Gasteiger partial charge in [0.15, 0.2) is 0 Å². The molecule has 2 aliphatic carbocycles. The van der Waals surface area contributed by atoms with Crippen LogP contribution in [0.5, 0.6) is 0 Å². The van der Waals surface area contributed by atoms with Crippen LogP contribution >= 0.6 is 21.0 Å². The van der Waals surface area contributed by atoms with Crippen LogP contribution in [0, 0.1) is 16.7 Å². The molecular weight excluding hydrogens is 447 g/mol. The highest BCUT2D eigenvalue weighted by Crippen LogP contribution is 2.47. The van der Waals surface area contributed by atoms with Gasteiger partial charge in [0.05, 0.1) is 0 Å². The molecule has 180 valence electrons. The van der Waals surface area contributed by atoms with Gasteiger partial charge in [0.25, 0.3) is 0 Å². The van der Waals surface area contributed by atoms with Crippen molar-refractivity contribution in [2.24, 2.45) is 16.7 Å². The molecule has 1 aromatic rings. The molecule has 0 aromatic heterocycles. The number of hydrogen-bond acceptors (Lipinski definition) is 1. The molecule has 2 unspecified atom stereocenters. The first-order valence-corrected chi connectivity index (χ1v) is 14.0. The Morgan fingerprint density at radius 3 is 2.18 bits per heavy atom. The zero-order valence-electron chi connectivity index (χ0n) is 21.7. The first kappa shape index (κ1) is 26.8. The molecule has 2 aliphatic rings. The van der Waals surface area contributed by atoms with Gasteiger partial charge in [-0.3, -0.25) is 0 Å². The summed E-state index contributed by atoms with van der Waals surface area (Å²) in [4.78, 5) is 1.65. The minimum absolute atomic E-state index is 0.00211. The van der Waals surface area contributed by atoms with Crippen molar-refractivity contribution in [1.29, 1.82) is 0 Å². The fraction of sp³-hybridized carbons (Fsp3) is 0.375. The van der Waals surface area contributed by atoms with Crippen LogP contribution in [-0.4, -0.2) is 4.99 Å². The molecule has 0 fully saturated rings. The summed E-state index contributed by atoms with van der Waals surface area (Å²) >= 11 is 1.89. The highest BCUT2D eigenvalue weighted by molar-refractivity contribution is 8.03. The second-order valence-corrected chi connectivity index (χ2v) is 13.0. The van der Waals surface area contributed by atoms with Gasteiger partial charge in [0, 0.05) is 9.89 Å². The molecule has 0 saturated heterocycles. The normalized spacial score (nSPS) is 18.2. The van der Waals surface area contributed by atoms with E-state index in [1.807, 2.05) is 11.8 Å². The van der Waals surface area contributed by atoms with Crippen LogP contribution < -0.4 is 0 Å². The van der Waals surface area contributed by atoms with Crippen molar-refractivity contribution in [2.45, 2.75) is 64.3 Å². The smallest absolute Gasteiger partial charge is 0.0481 e. The van der Waals surface area contributed by atoms with Gasteiger partial charge < -0.3 is 0 Å². The van der Waals surface area contributed by atoms with Crippen molar-refractivity contribution < 1.29 is 0 Å². The Kier molecular flexibility index (Phi) is 9.25. The lowest BCUT2D eigenvalue weighted by Crippen LogP contribution is -2.32. The zero-order valence-corrected chi connectivity index (χ0v) is 23.7. The van der Waals surface area contributed by atoms with Gasteiger partial charge in [0.1, 0.15) is 0 Å². The number of rotatable bonds is 8. The topological polar surface area (TPSA) is 0 Å². The molecule has 0 nitrogen and oxygen atoms in total. The summed E-state index contributed by atoms with van der Waals surface area (Å²) in [7, 11) is 3.02. The Morgan fingerprint density at radius 1 is 0.824 bits per heavy atom. The summed E-state index contributed by atoms with van der Waals surface area (Å²) < 4.78 is 0. The lowest BCUT2D eigenvalue weighted by atomic mass is 9.63. The Morgan fingerprint density at radius 2 is 1.47 bits per heavy atom. The molecule has 0 aliphatic heterocycles. The molecule has 2 atom stereocenters. The molecule has 1 aromatic carbocycles. The monoisotopic (exact) mass is 488 g/mol. The second kappa shape index (κ2) is 11.7. The van der Waals surface area contributed by atoms with E-state index in [4.69, 9.17) is 0 Å². The van der Waals surface area contributed by atoms with Crippen LogP contribution in [0.2, 0.25) is 0 Å². The van der Waals surface area contributed by atoms with Crippen molar-refractivity contribution in [2.75, 3.05) is 0 Å². The predicted molar refractivity (Wildman–Crippen MR) is 157 cm³/mol.